The molecule has 4 unspecified atom stereocenters. The molecule has 2 aromatic carbocycles. The van der Waals surface area contributed by atoms with Crippen LogP contribution in [-0.2, 0) is 9.59 Å². The number of carboxylic acid groups (broad SMARTS) is 1. The number of hydrogen-bond donors (Lipinski definition) is 1. The molecule has 4 heteroatoms. The Morgan fingerprint density at radius 3 is 2.04 bits per heavy atom. The van der Waals surface area contributed by atoms with Gasteiger partial charge < -0.3 is 5.11 Å². The Morgan fingerprint density at radius 2 is 1.56 bits per heavy atom. The summed E-state index contributed by atoms with van der Waals surface area (Å²) in [5.74, 6) is -1.75. The molecule has 0 aromatic heterocycles. The number of fused-ring (bicyclic) bond motifs is 3. The zero-order chi connectivity index (χ0) is 17.4. The lowest BCUT2D eigenvalue weighted by Gasteiger charge is -2.49. The number of nitrogens with zero attached hydrogens (tertiary/aromatic N) is 1. The minimum atomic E-state index is -0.850. The van der Waals surface area contributed by atoms with Crippen LogP contribution in [0.25, 0.3) is 0 Å². The lowest BCUT2D eigenvalue weighted by atomic mass is 9.69. The van der Waals surface area contributed by atoms with Crippen molar-refractivity contribution in [3.63, 3.8) is 0 Å². The second-order valence-electron chi connectivity index (χ2n) is 6.98. The van der Waals surface area contributed by atoms with Crippen molar-refractivity contribution in [3.05, 3.63) is 71.8 Å². The summed E-state index contributed by atoms with van der Waals surface area (Å²) in [4.78, 5) is 26.8. The SMILES string of the molecule is O=C(O)C1CN2CCC1C(=O)C2C(c1ccccc1)c1ccccc1. The molecule has 4 nitrogen and oxygen atoms in total. The van der Waals surface area contributed by atoms with Crippen LogP contribution in [-0.4, -0.2) is 40.9 Å². The number of carbonyl (C=O) groups excluding carboxylic acids is 1. The van der Waals surface area contributed by atoms with E-state index in [1.807, 2.05) is 36.4 Å². The average molecular weight is 335 g/mol. The topological polar surface area (TPSA) is 57.6 Å². The first-order valence-corrected chi connectivity index (χ1v) is 8.77. The Morgan fingerprint density at radius 1 is 1.00 bits per heavy atom. The summed E-state index contributed by atoms with van der Waals surface area (Å²) in [5, 5.41) is 9.46. The van der Waals surface area contributed by atoms with Gasteiger partial charge in [-0.3, -0.25) is 14.5 Å². The molecule has 0 aliphatic carbocycles. The largest absolute Gasteiger partial charge is 0.481 e. The number of benzene rings is 2. The average Bonchev–Trinajstić information content (AvgIpc) is 2.66. The van der Waals surface area contributed by atoms with Gasteiger partial charge in [-0.1, -0.05) is 60.7 Å². The smallest absolute Gasteiger partial charge is 0.308 e. The zero-order valence-electron chi connectivity index (χ0n) is 13.9. The third kappa shape index (κ3) is 2.76. The van der Waals surface area contributed by atoms with Crippen molar-refractivity contribution in [3.8, 4) is 0 Å². The molecule has 3 aliphatic rings. The fraction of sp³-hybridized carbons (Fsp3) is 0.333. The van der Waals surface area contributed by atoms with E-state index in [-0.39, 0.29) is 23.7 Å². The van der Waals surface area contributed by atoms with E-state index in [2.05, 4.69) is 29.2 Å². The highest BCUT2D eigenvalue weighted by Crippen LogP contribution is 2.41. The van der Waals surface area contributed by atoms with Crippen molar-refractivity contribution in [2.75, 3.05) is 13.1 Å². The van der Waals surface area contributed by atoms with E-state index < -0.39 is 11.9 Å². The van der Waals surface area contributed by atoms with E-state index in [0.717, 1.165) is 17.7 Å². The number of piperidine rings is 3. The van der Waals surface area contributed by atoms with Crippen molar-refractivity contribution in [2.24, 2.45) is 11.8 Å². The zero-order valence-corrected chi connectivity index (χ0v) is 13.9. The van der Waals surface area contributed by atoms with Gasteiger partial charge in [-0.15, -0.1) is 0 Å². The fourth-order valence-corrected chi connectivity index (χ4v) is 4.47. The lowest BCUT2D eigenvalue weighted by Crippen LogP contribution is -2.62. The molecule has 5 rings (SSSR count). The molecule has 3 heterocycles. The second kappa shape index (κ2) is 6.45. The number of rotatable bonds is 4. The summed E-state index contributed by atoms with van der Waals surface area (Å²) in [6.45, 7) is 1.26. The molecular formula is C21H21NO3. The minimum Gasteiger partial charge on any atom is -0.481 e. The Bertz CT molecular complexity index is 735. The molecular weight excluding hydrogens is 314 g/mol. The first-order valence-electron chi connectivity index (χ1n) is 8.77. The molecule has 2 bridgehead atoms. The molecule has 3 saturated heterocycles. The lowest BCUT2D eigenvalue weighted by molar-refractivity contribution is -0.159. The number of ketones is 1. The third-order valence-corrected chi connectivity index (χ3v) is 5.64. The van der Waals surface area contributed by atoms with E-state index in [1.54, 1.807) is 0 Å². The number of Topliss-reactive ketones (excluding diaryl/α,β-unsaturated/α-hetero) is 1. The highest BCUT2D eigenvalue weighted by molar-refractivity contribution is 5.93. The summed E-state index contributed by atoms with van der Waals surface area (Å²) in [6.07, 6.45) is 0.655. The van der Waals surface area contributed by atoms with E-state index >= 15 is 0 Å². The molecule has 128 valence electrons. The molecule has 0 spiro atoms. The fourth-order valence-electron chi connectivity index (χ4n) is 4.47. The summed E-state index contributed by atoms with van der Waals surface area (Å²) < 4.78 is 0. The summed E-state index contributed by atoms with van der Waals surface area (Å²) in [6, 6.07) is 19.9. The molecule has 1 N–H and O–H groups in total. The van der Waals surface area contributed by atoms with Gasteiger partial charge in [0, 0.05) is 18.4 Å². The van der Waals surface area contributed by atoms with E-state index in [1.165, 1.54) is 0 Å². The van der Waals surface area contributed by atoms with Gasteiger partial charge in [0.05, 0.1) is 12.0 Å². The standard InChI is InChI=1S/C21H21NO3/c23-20-16-11-12-22(13-17(16)21(24)25)19(20)18(14-7-3-1-4-8-14)15-9-5-2-6-10-15/h1-10,16-19H,11-13H2,(H,24,25). The van der Waals surface area contributed by atoms with Crippen LogP contribution in [0.5, 0.6) is 0 Å². The van der Waals surface area contributed by atoms with Crippen LogP contribution < -0.4 is 0 Å². The first-order chi connectivity index (χ1) is 12.2. The highest BCUT2D eigenvalue weighted by Gasteiger charge is 2.52. The summed E-state index contributed by atoms with van der Waals surface area (Å²) in [5.41, 5.74) is 2.21. The van der Waals surface area contributed by atoms with Crippen LogP contribution in [0.2, 0.25) is 0 Å². The van der Waals surface area contributed by atoms with E-state index in [0.29, 0.717) is 13.0 Å². The van der Waals surface area contributed by atoms with Crippen LogP contribution in [0.15, 0.2) is 60.7 Å². The third-order valence-electron chi connectivity index (χ3n) is 5.64. The Labute approximate surface area is 147 Å². The molecule has 0 saturated carbocycles. The molecule has 0 amide bonds. The number of carboxylic acids is 1. The van der Waals surface area contributed by atoms with Gasteiger partial charge in [-0.05, 0) is 24.1 Å². The predicted octanol–water partition coefficient (Wildman–Crippen LogP) is 2.79. The van der Waals surface area contributed by atoms with Gasteiger partial charge in [0.1, 0.15) is 0 Å². The van der Waals surface area contributed by atoms with Crippen LogP contribution in [0, 0.1) is 11.8 Å². The maximum absolute atomic E-state index is 13.2. The van der Waals surface area contributed by atoms with Crippen molar-refractivity contribution >= 4 is 11.8 Å². The van der Waals surface area contributed by atoms with Crippen LogP contribution in [0.1, 0.15) is 23.5 Å². The summed E-state index contributed by atoms with van der Waals surface area (Å²) in [7, 11) is 0. The summed E-state index contributed by atoms with van der Waals surface area (Å²) >= 11 is 0. The number of carbonyl (C=O) groups is 2. The van der Waals surface area contributed by atoms with Gasteiger partial charge in [0.15, 0.2) is 5.78 Å². The van der Waals surface area contributed by atoms with Crippen LogP contribution in [0.4, 0.5) is 0 Å². The molecule has 25 heavy (non-hydrogen) atoms. The molecule has 4 atom stereocenters. The number of hydrogen-bond acceptors (Lipinski definition) is 3. The van der Waals surface area contributed by atoms with Crippen molar-refractivity contribution in [1.29, 1.82) is 0 Å². The first kappa shape index (κ1) is 16.0. The normalized spacial score (nSPS) is 28.3. The molecule has 3 fully saturated rings. The molecule has 3 aliphatic heterocycles. The van der Waals surface area contributed by atoms with Crippen LogP contribution >= 0.6 is 0 Å². The van der Waals surface area contributed by atoms with Crippen LogP contribution in [0.3, 0.4) is 0 Å². The highest BCUT2D eigenvalue weighted by atomic mass is 16.4. The number of aliphatic carboxylic acids is 1. The second-order valence-corrected chi connectivity index (χ2v) is 6.98. The Kier molecular flexibility index (Phi) is 4.14. The van der Waals surface area contributed by atoms with Gasteiger partial charge in [-0.2, -0.15) is 0 Å². The predicted molar refractivity (Wildman–Crippen MR) is 94.3 cm³/mol. The van der Waals surface area contributed by atoms with Gasteiger partial charge >= 0.3 is 5.97 Å². The van der Waals surface area contributed by atoms with Gasteiger partial charge in [-0.25, -0.2) is 0 Å². The van der Waals surface area contributed by atoms with E-state index in [4.69, 9.17) is 0 Å². The molecule has 2 aromatic rings. The Balaban J connectivity index is 1.76. The Hall–Kier alpha value is -2.46. The maximum atomic E-state index is 13.2. The quantitative estimate of drug-likeness (QED) is 0.933. The minimum absolute atomic E-state index is 0.0626. The monoisotopic (exact) mass is 335 g/mol. The maximum Gasteiger partial charge on any atom is 0.308 e. The van der Waals surface area contributed by atoms with Crippen molar-refractivity contribution < 1.29 is 14.7 Å². The van der Waals surface area contributed by atoms with E-state index in [9.17, 15) is 14.7 Å². The van der Waals surface area contributed by atoms with Gasteiger partial charge in [0.2, 0.25) is 0 Å². The van der Waals surface area contributed by atoms with Crippen molar-refractivity contribution in [1.82, 2.24) is 4.90 Å². The van der Waals surface area contributed by atoms with Crippen molar-refractivity contribution in [2.45, 2.75) is 18.4 Å². The molecule has 0 radical (unpaired) electrons. The van der Waals surface area contributed by atoms with Gasteiger partial charge in [0.25, 0.3) is 0 Å².